The minimum absolute atomic E-state index is 0.196. The quantitative estimate of drug-likeness (QED) is 0.749. The Morgan fingerprint density at radius 2 is 2.29 bits per heavy atom. The van der Waals surface area contributed by atoms with Crippen molar-refractivity contribution in [3.8, 4) is 5.75 Å². The molecule has 1 aliphatic heterocycles. The van der Waals surface area contributed by atoms with Crippen molar-refractivity contribution < 1.29 is 9.47 Å². The lowest BCUT2D eigenvalue weighted by atomic mass is 10.1. The Morgan fingerprint density at radius 3 is 2.94 bits per heavy atom. The lowest BCUT2D eigenvalue weighted by Gasteiger charge is -2.25. The number of aryl methyl sites for hydroxylation is 1. The molecule has 0 saturated carbocycles. The highest BCUT2D eigenvalue weighted by molar-refractivity contribution is 9.10. The molecule has 1 fully saturated rings. The summed E-state index contributed by atoms with van der Waals surface area (Å²) in [5.41, 5.74) is 2.35. The van der Waals surface area contributed by atoms with E-state index in [0.717, 1.165) is 35.0 Å². The Labute approximate surface area is 119 Å². The number of ether oxygens (including phenoxy) is 2. The Morgan fingerprint density at radius 1 is 1.47 bits per heavy atom. The van der Waals surface area contributed by atoms with Gasteiger partial charge in [0, 0.05) is 22.0 Å². The monoisotopic (exact) mass is 362 g/mol. The highest BCUT2D eigenvalue weighted by Gasteiger charge is 2.18. The Balaban J connectivity index is 2.18. The molecule has 17 heavy (non-hydrogen) atoms. The molecule has 0 radical (unpaired) electrons. The van der Waals surface area contributed by atoms with Crippen LogP contribution in [0.25, 0.3) is 0 Å². The maximum Gasteiger partial charge on any atom is 0.126 e. The summed E-state index contributed by atoms with van der Waals surface area (Å²) in [6.07, 6.45) is 2.36. The van der Waals surface area contributed by atoms with Gasteiger partial charge < -0.3 is 9.47 Å². The minimum atomic E-state index is 0.196. The number of halogens is 2. The molecule has 1 aromatic rings. The van der Waals surface area contributed by atoms with Gasteiger partial charge in [-0.25, -0.2) is 0 Å². The van der Waals surface area contributed by atoms with Gasteiger partial charge in [-0.2, -0.15) is 0 Å². The number of rotatable bonds is 3. The van der Waals surface area contributed by atoms with Crippen molar-refractivity contribution in [3.05, 3.63) is 27.7 Å². The lowest BCUT2D eigenvalue weighted by Crippen LogP contribution is -2.28. The van der Waals surface area contributed by atoms with Gasteiger partial charge >= 0.3 is 0 Å². The molecule has 0 N–H and O–H groups in total. The lowest BCUT2D eigenvalue weighted by molar-refractivity contribution is 0.00685. The highest BCUT2D eigenvalue weighted by Crippen LogP contribution is 2.31. The van der Waals surface area contributed by atoms with E-state index in [4.69, 9.17) is 9.47 Å². The zero-order valence-electron chi connectivity index (χ0n) is 9.84. The molecular formula is C13H16Br2O2. The average Bonchev–Trinajstić information content (AvgIpc) is 2.33. The van der Waals surface area contributed by atoms with Gasteiger partial charge in [-0.1, -0.05) is 31.9 Å². The normalized spacial score (nSPS) is 20.3. The summed E-state index contributed by atoms with van der Waals surface area (Å²) in [5, 5.41) is 0.802. The Hall–Kier alpha value is -0.0600. The van der Waals surface area contributed by atoms with Crippen LogP contribution in [0.2, 0.25) is 0 Å². The van der Waals surface area contributed by atoms with E-state index in [0.29, 0.717) is 6.61 Å². The Kier molecular flexibility index (Phi) is 4.88. The molecule has 94 valence electrons. The first-order chi connectivity index (χ1) is 8.20. The van der Waals surface area contributed by atoms with E-state index in [-0.39, 0.29) is 6.10 Å². The molecule has 0 aliphatic carbocycles. The van der Waals surface area contributed by atoms with Gasteiger partial charge in [0.2, 0.25) is 0 Å². The van der Waals surface area contributed by atoms with Crippen molar-refractivity contribution in [3.63, 3.8) is 0 Å². The van der Waals surface area contributed by atoms with Crippen LogP contribution < -0.4 is 4.74 Å². The topological polar surface area (TPSA) is 18.5 Å². The van der Waals surface area contributed by atoms with Crippen molar-refractivity contribution in [2.75, 3.05) is 13.2 Å². The van der Waals surface area contributed by atoms with Crippen LogP contribution >= 0.6 is 31.9 Å². The number of benzene rings is 1. The third kappa shape index (κ3) is 3.46. The van der Waals surface area contributed by atoms with Gasteiger partial charge in [-0.15, -0.1) is 0 Å². The fourth-order valence-corrected chi connectivity index (χ4v) is 3.07. The van der Waals surface area contributed by atoms with Crippen LogP contribution in [0.5, 0.6) is 5.75 Å². The van der Waals surface area contributed by atoms with Crippen molar-refractivity contribution >= 4 is 31.9 Å². The Bertz CT molecular complexity index is 387. The molecule has 1 aromatic carbocycles. The second-order valence-corrected chi connectivity index (χ2v) is 5.78. The molecular weight excluding hydrogens is 348 g/mol. The fraction of sp³-hybridized carbons (Fsp3) is 0.538. The molecule has 2 rings (SSSR count). The van der Waals surface area contributed by atoms with E-state index >= 15 is 0 Å². The first-order valence-electron chi connectivity index (χ1n) is 5.80. The second-order valence-electron chi connectivity index (χ2n) is 4.30. The van der Waals surface area contributed by atoms with Crippen LogP contribution in [0.4, 0.5) is 0 Å². The maximum atomic E-state index is 6.09. The standard InChI is InChI=1S/C13H16Br2O2/c1-9-5-11(15)6-10(7-14)13(9)17-12-3-2-4-16-8-12/h5-6,12H,2-4,7-8H2,1H3. The number of hydrogen-bond donors (Lipinski definition) is 0. The zero-order chi connectivity index (χ0) is 12.3. The first kappa shape index (κ1) is 13.4. The van der Waals surface area contributed by atoms with E-state index in [1.165, 1.54) is 11.1 Å². The minimum Gasteiger partial charge on any atom is -0.487 e. The van der Waals surface area contributed by atoms with Crippen molar-refractivity contribution in [1.82, 2.24) is 0 Å². The smallest absolute Gasteiger partial charge is 0.126 e. The third-order valence-electron chi connectivity index (χ3n) is 2.86. The van der Waals surface area contributed by atoms with Gasteiger partial charge in [0.25, 0.3) is 0 Å². The third-order valence-corrected chi connectivity index (χ3v) is 3.93. The first-order valence-corrected chi connectivity index (χ1v) is 7.71. The molecule has 1 saturated heterocycles. The molecule has 1 atom stereocenters. The maximum absolute atomic E-state index is 6.09. The summed E-state index contributed by atoms with van der Waals surface area (Å²) in [5.74, 6) is 1.00. The molecule has 0 amide bonds. The van der Waals surface area contributed by atoms with Gasteiger partial charge in [-0.05, 0) is 37.5 Å². The van der Waals surface area contributed by atoms with Crippen molar-refractivity contribution in [1.29, 1.82) is 0 Å². The zero-order valence-corrected chi connectivity index (χ0v) is 13.0. The molecule has 1 unspecified atom stereocenters. The highest BCUT2D eigenvalue weighted by atomic mass is 79.9. The van der Waals surface area contributed by atoms with Crippen molar-refractivity contribution in [2.45, 2.75) is 31.2 Å². The molecule has 1 heterocycles. The fourth-order valence-electron chi connectivity index (χ4n) is 2.04. The number of alkyl halides is 1. The predicted octanol–water partition coefficient (Wildman–Crippen LogP) is 4.21. The van der Waals surface area contributed by atoms with Gasteiger partial charge in [0.1, 0.15) is 11.9 Å². The SMILES string of the molecule is Cc1cc(Br)cc(CBr)c1OC1CCCOC1. The van der Waals surface area contributed by atoms with E-state index in [9.17, 15) is 0 Å². The van der Waals surface area contributed by atoms with E-state index in [2.05, 4.69) is 50.9 Å². The van der Waals surface area contributed by atoms with E-state index in [1.54, 1.807) is 0 Å². The van der Waals surface area contributed by atoms with Crippen LogP contribution in [0.15, 0.2) is 16.6 Å². The predicted molar refractivity (Wildman–Crippen MR) is 76.0 cm³/mol. The summed E-state index contributed by atoms with van der Waals surface area (Å²) in [4.78, 5) is 0. The summed E-state index contributed by atoms with van der Waals surface area (Å²) in [7, 11) is 0. The molecule has 4 heteroatoms. The van der Waals surface area contributed by atoms with Crippen molar-refractivity contribution in [2.24, 2.45) is 0 Å². The molecule has 1 aliphatic rings. The summed E-state index contributed by atoms with van der Waals surface area (Å²) in [6, 6.07) is 4.19. The second kappa shape index (κ2) is 6.21. The van der Waals surface area contributed by atoms with Crippen LogP contribution in [0.1, 0.15) is 24.0 Å². The van der Waals surface area contributed by atoms with Gasteiger partial charge in [-0.3, -0.25) is 0 Å². The van der Waals surface area contributed by atoms with Crippen LogP contribution in [-0.4, -0.2) is 19.3 Å². The van der Waals surface area contributed by atoms with Crippen LogP contribution in [-0.2, 0) is 10.1 Å². The van der Waals surface area contributed by atoms with Crippen LogP contribution in [0.3, 0.4) is 0 Å². The van der Waals surface area contributed by atoms with Gasteiger partial charge in [0.05, 0.1) is 6.61 Å². The molecule has 0 bridgehead atoms. The average molecular weight is 364 g/mol. The molecule has 2 nitrogen and oxygen atoms in total. The van der Waals surface area contributed by atoms with Crippen LogP contribution in [0, 0.1) is 6.92 Å². The molecule has 0 spiro atoms. The summed E-state index contributed by atoms with van der Waals surface area (Å²) in [6.45, 7) is 3.65. The summed E-state index contributed by atoms with van der Waals surface area (Å²) >= 11 is 7.02. The van der Waals surface area contributed by atoms with E-state index in [1.807, 2.05) is 0 Å². The summed E-state index contributed by atoms with van der Waals surface area (Å²) < 4.78 is 12.6. The van der Waals surface area contributed by atoms with Gasteiger partial charge in [0.15, 0.2) is 0 Å². The number of hydrogen-bond acceptors (Lipinski definition) is 2. The largest absolute Gasteiger partial charge is 0.487 e. The van der Waals surface area contributed by atoms with E-state index < -0.39 is 0 Å². The molecule has 0 aromatic heterocycles.